The average Bonchev–Trinajstić information content (AvgIpc) is 3.21. The minimum atomic E-state index is -1.65. The van der Waals surface area contributed by atoms with Crippen LogP contribution < -0.4 is 10.9 Å². The summed E-state index contributed by atoms with van der Waals surface area (Å²) in [6.07, 6.45) is 2.96. The van der Waals surface area contributed by atoms with Crippen molar-refractivity contribution in [1.29, 1.82) is 0 Å². The van der Waals surface area contributed by atoms with E-state index in [1.807, 2.05) is 18.2 Å². The molecule has 3 atom stereocenters. The Hall–Kier alpha value is -3.16. The number of benzene rings is 2. The molecule has 8 heteroatoms. The minimum absolute atomic E-state index is 0.145. The van der Waals surface area contributed by atoms with Gasteiger partial charge >= 0.3 is 0 Å². The molecular weight excluding hydrogens is 454 g/mol. The Balaban J connectivity index is 1.50. The van der Waals surface area contributed by atoms with Crippen molar-refractivity contribution in [2.45, 2.75) is 57.2 Å². The maximum absolute atomic E-state index is 13.6. The number of rotatable bonds is 4. The largest absolute Gasteiger partial charge is 0.376 e. The topological polar surface area (TPSA) is 97.4 Å². The third kappa shape index (κ3) is 3.69. The van der Waals surface area contributed by atoms with E-state index in [2.05, 4.69) is 10.5 Å². The summed E-state index contributed by atoms with van der Waals surface area (Å²) in [4.78, 5) is 26.6. The number of hydrogen-bond donors (Lipinski definition) is 2. The number of aryl methyl sites for hydroxylation is 1. The van der Waals surface area contributed by atoms with Crippen molar-refractivity contribution in [3.63, 3.8) is 0 Å². The van der Waals surface area contributed by atoms with Gasteiger partial charge in [0, 0.05) is 17.5 Å². The highest BCUT2D eigenvalue weighted by Crippen LogP contribution is 2.35. The molecule has 0 spiro atoms. The van der Waals surface area contributed by atoms with E-state index in [0.717, 1.165) is 19.3 Å². The molecule has 2 aromatic heterocycles. The van der Waals surface area contributed by atoms with E-state index in [1.54, 1.807) is 41.8 Å². The summed E-state index contributed by atoms with van der Waals surface area (Å²) in [5.41, 5.74) is -0.114. The van der Waals surface area contributed by atoms with Crippen LogP contribution in [0.3, 0.4) is 0 Å². The predicted octanol–water partition coefficient (Wildman–Crippen LogP) is 4.61. The molecule has 3 unspecified atom stereocenters. The number of aromatic nitrogens is 2. The second kappa shape index (κ2) is 8.56. The van der Waals surface area contributed by atoms with Gasteiger partial charge in [0.2, 0.25) is 0 Å². The number of halogens is 1. The maximum Gasteiger partial charge on any atom is 0.264 e. The summed E-state index contributed by atoms with van der Waals surface area (Å²) in [5, 5.41) is 19.7. The fourth-order valence-corrected chi connectivity index (χ4v) is 5.34. The molecule has 2 aromatic carbocycles. The molecule has 2 heterocycles. The van der Waals surface area contributed by atoms with Crippen molar-refractivity contribution < 1.29 is 14.4 Å². The van der Waals surface area contributed by atoms with Gasteiger partial charge in [0.15, 0.2) is 5.60 Å². The van der Waals surface area contributed by atoms with Gasteiger partial charge in [-0.25, -0.2) is 0 Å². The zero-order chi connectivity index (χ0) is 24.0. The second-order valence-corrected chi connectivity index (χ2v) is 9.61. The molecule has 5 rings (SSSR count). The molecule has 1 fully saturated rings. The number of nitrogens with zero attached hydrogens (tertiary/aromatic N) is 2. The van der Waals surface area contributed by atoms with Crippen LogP contribution in [0.15, 0.2) is 57.8 Å². The van der Waals surface area contributed by atoms with E-state index >= 15 is 0 Å². The maximum atomic E-state index is 13.6. The standard InChI is InChI=1S/C26H26ClN3O4/c1-15-21-23(29-34-15)22-19(27)12-7-13-20(22)30(24(21)31)18-11-6-10-17(14-18)28-25(32)26(2,33)16-8-4-3-5-9-16/h3-5,7-9,12-13,17-18,33H,6,10-11,14H2,1-2H3,(H,28,32). The molecule has 1 saturated carbocycles. The van der Waals surface area contributed by atoms with Crippen molar-refractivity contribution in [3.05, 3.63) is 75.2 Å². The Labute approximate surface area is 201 Å². The van der Waals surface area contributed by atoms with Crippen LogP contribution in [0.2, 0.25) is 5.02 Å². The van der Waals surface area contributed by atoms with Crippen LogP contribution in [0.4, 0.5) is 0 Å². The Morgan fingerprint density at radius 3 is 2.71 bits per heavy atom. The van der Waals surface area contributed by atoms with Gasteiger partial charge in [-0.05, 0) is 57.2 Å². The first-order chi connectivity index (χ1) is 16.3. The van der Waals surface area contributed by atoms with Gasteiger partial charge in [-0.1, -0.05) is 53.2 Å². The van der Waals surface area contributed by atoms with E-state index in [0.29, 0.717) is 44.6 Å². The molecule has 0 aliphatic heterocycles. The van der Waals surface area contributed by atoms with Crippen molar-refractivity contribution in [3.8, 4) is 0 Å². The fourth-order valence-electron chi connectivity index (χ4n) is 5.08. The lowest BCUT2D eigenvalue weighted by atomic mass is 9.88. The lowest BCUT2D eigenvalue weighted by Crippen LogP contribution is -2.48. The first kappa shape index (κ1) is 22.6. The Kier molecular flexibility index (Phi) is 5.70. The van der Waals surface area contributed by atoms with E-state index in [-0.39, 0.29) is 17.6 Å². The summed E-state index contributed by atoms with van der Waals surface area (Å²) >= 11 is 6.53. The molecule has 34 heavy (non-hydrogen) atoms. The van der Waals surface area contributed by atoms with Gasteiger partial charge in [0.05, 0.1) is 10.5 Å². The molecule has 1 aliphatic carbocycles. The number of pyridine rings is 1. The summed E-state index contributed by atoms with van der Waals surface area (Å²) in [6.45, 7) is 3.22. The van der Waals surface area contributed by atoms with Crippen LogP contribution in [0, 0.1) is 6.92 Å². The molecule has 7 nitrogen and oxygen atoms in total. The molecule has 0 radical (unpaired) electrons. The number of amides is 1. The van der Waals surface area contributed by atoms with Gasteiger partial charge in [0.25, 0.3) is 11.5 Å². The number of hydrogen-bond acceptors (Lipinski definition) is 5. The number of carbonyl (C=O) groups excluding carboxylic acids is 1. The molecule has 1 amide bonds. The van der Waals surface area contributed by atoms with Gasteiger partial charge in [-0.3, -0.25) is 9.59 Å². The third-order valence-corrected chi connectivity index (χ3v) is 7.22. The lowest BCUT2D eigenvalue weighted by molar-refractivity contribution is -0.140. The summed E-state index contributed by atoms with van der Waals surface area (Å²) in [5.74, 6) is 0.00470. The molecule has 176 valence electrons. The number of aliphatic hydroxyl groups is 1. The van der Waals surface area contributed by atoms with Crippen LogP contribution in [0.1, 0.15) is 50.0 Å². The van der Waals surface area contributed by atoms with E-state index in [1.165, 1.54) is 6.92 Å². The number of fused-ring (bicyclic) bond motifs is 3. The first-order valence-electron chi connectivity index (χ1n) is 11.5. The molecule has 0 bridgehead atoms. The third-order valence-electron chi connectivity index (χ3n) is 6.91. The Morgan fingerprint density at radius 2 is 1.94 bits per heavy atom. The van der Waals surface area contributed by atoms with Gasteiger partial charge in [-0.15, -0.1) is 0 Å². The molecule has 1 aliphatic rings. The van der Waals surface area contributed by atoms with Crippen LogP contribution >= 0.6 is 11.6 Å². The summed E-state index contributed by atoms with van der Waals surface area (Å²) in [7, 11) is 0. The van der Waals surface area contributed by atoms with Gasteiger partial charge in [-0.2, -0.15) is 0 Å². The van der Waals surface area contributed by atoms with Crippen LogP contribution in [-0.4, -0.2) is 26.8 Å². The van der Waals surface area contributed by atoms with E-state index < -0.39 is 11.5 Å². The quantitative estimate of drug-likeness (QED) is 0.445. The number of carbonyl (C=O) groups is 1. The van der Waals surface area contributed by atoms with Gasteiger partial charge in [0.1, 0.15) is 16.7 Å². The van der Waals surface area contributed by atoms with Gasteiger partial charge < -0.3 is 19.5 Å². The number of nitrogens with one attached hydrogen (secondary N) is 1. The lowest BCUT2D eigenvalue weighted by Gasteiger charge is -2.34. The zero-order valence-corrected chi connectivity index (χ0v) is 19.8. The summed E-state index contributed by atoms with van der Waals surface area (Å²) in [6, 6.07) is 14.0. The average molecular weight is 480 g/mol. The second-order valence-electron chi connectivity index (χ2n) is 9.20. The van der Waals surface area contributed by atoms with Crippen LogP contribution in [0.25, 0.3) is 21.8 Å². The van der Waals surface area contributed by atoms with Crippen LogP contribution in [-0.2, 0) is 10.4 Å². The molecule has 0 saturated heterocycles. The first-order valence-corrected chi connectivity index (χ1v) is 11.8. The van der Waals surface area contributed by atoms with Crippen molar-refractivity contribution in [2.75, 3.05) is 0 Å². The van der Waals surface area contributed by atoms with Crippen LogP contribution in [0.5, 0.6) is 0 Å². The SMILES string of the molecule is Cc1onc2c1c(=O)n(C1CCCC(NC(=O)C(C)(O)c3ccccc3)C1)c1cccc(Cl)c21. The highest BCUT2D eigenvalue weighted by molar-refractivity contribution is 6.37. The molecule has 2 N–H and O–H groups in total. The van der Waals surface area contributed by atoms with Crippen molar-refractivity contribution in [1.82, 2.24) is 15.0 Å². The van der Waals surface area contributed by atoms with Crippen molar-refractivity contribution >= 4 is 39.3 Å². The highest BCUT2D eigenvalue weighted by Gasteiger charge is 2.35. The van der Waals surface area contributed by atoms with E-state index in [9.17, 15) is 14.7 Å². The van der Waals surface area contributed by atoms with Crippen molar-refractivity contribution in [2.24, 2.45) is 0 Å². The smallest absolute Gasteiger partial charge is 0.264 e. The molecular formula is C26H26ClN3O4. The minimum Gasteiger partial charge on any atom is -0.376 e. The Bertz CT molecular complexity index is 1440. The monoisotopic (exact) mass is 479 g/mol. The Morgan fingerprint density at radius 1 is 1.18 bits per heavy atom. The predicted molar refractivity (Wildman–Crippen MR) is 131 cm³/mol. The zero-order valence-electron chi connectivity index (χ0n) is 19.0. The summed E-state index contributed by atoms with van der Waals surface area (Å²) < 4.78 is 7.13. The van der Waals surface area contributed by atoms with E-state index in [4.69, 9.17) is 16.1 Å². The molecule has 4 aromatic rings. The fraction of sp³-hybridized carbons (Fsp3) is 0.346. The normalized spacial score (nSPS) is 20.4. The highest BCUT2D eigenvalue weighted by atomic mass is 35.5.